The van der Waals surface area contributed by atoms with E-state index in [1.165, 1.54) is 87.6 Å². The summed E-state index contributed by atoms with van der Waals surface area (Å²) in [6.45, 7) is 0. The monoisotopic (exact) mass is 582 g/mol. The lowest BCUT2D eigenvalue weighted by atomic mass is 9.84. The first-order valence-electron chi connectivity index (χ1n) is 15.9. The van der Waals surface area contributed by atoms with E-state index in [9.17, 15) is 0 Å². The molecule has 9 aromatic carbocycles. The Labute approximate surface area is 268 Å². The van der Waals surface area contributed by atoms with Crippen molar-refractivity contribution in [2.24, 2.45) is 0 Å². The zero-order chi connectivity index (χ0) is 30.5. The van der Waals surface area contributed by atoms with E-state index in [-0.39, 0.29) is 0 Å². The molecule has 0 atom stereocenters. The van der Waals surface area contributed by atoms with Gasteiger partial charge in [-0.1, -0.05) is 176 Å². The van der Waals surface area contributed by atoms with Gasteiger partial charge in [-0.15, -0.1) is 0 Å². The maximum absolute atomic E-state index is 2.30. The van der Waals surface area contributed by atoms with E-state index in [0.717, 1.165) is 0 Å². The molecule has 0 amide bonds. The highest BCUT2D eigenvalue weighted by Crippen LogP contribution is 2.46. The number of rotatable bonds is 4. The van der Waals surface area contributed by atoms with E-state index in [4.69, 9.17) is 0 Å². The Morgan fingerprint density at radius 2 is 0.696 bits per heavy atom. The quantitative estimate of drug-likeness (QED) is 0.181. The summed E-state index contributed by atoms with van der Waals surface area (Å²) in [4.78, 5) is 0. The van der Waals surface area contributed by atoms with Crippen LogP contribution in [0.15, 0.2) is 182 Å². The lowest BCUT2D eigenvalue weighted by molar-refractivity contribution is 1.62. The molecule has 46 heavy (non-hydrogen) atoms. The van der Waals surface area contributed by atoms with Crippen LogP contribution >= 0.6 is 0 Å². The molecule has 0 heteroatoms. The molecule has 0 aliphatic heterocycles. The molecule has 0 saturated carbocycles. The number of fused-ring (bicyclic) bond motifs is 4. The van der Waals surface area contributed by atoms with Gasteiger partial charge in [0, 0.05) is 0 Å². The van der Waals surface area contributed by atoms with Gasteiger partial charge in [-0.2, -0.15) is 0 Å². The minimum absolute atomic E-state index is 1.22. The zero-order valence-electron chi connectivity index (χ0n) is 25.3. The summed E-state index contributed by atoms with van der Waals surface area (Å²) >= 11 is 0. The first-order chi connectivity index (χ1) is 22.8. The summed E-state index contributed by atoms with van der Waals surface area (Å²) < 4.78 is 0. The highest BCUT2D eigenvalue weighted by Gasteiger charge is 2.18. The van der Waals surface area contributed by atoms with Crippen molar-refractivity contribution in [1.29, 1.82) is 0 Å². The largest absolute Gasteiger partial charge is 0.0622 e. The van der Waals surface area contributed by atoms with Crippen LogP contribution in [0, 0.1) is 0 Å². The Balaban J connectivity index is 1.23. The van der Waals surface area contributed by atoms with Crippen molar-refractivity contribution in [3.8, 4) is 44.5 Å². The topological polar surface area (TPSA) is 0 Å². The second-order valence-electron chi connectivity index (χ2n) is 12.1. The Hall–Kier alpha value is -5.98. The molecular formula is C46H30. The summed E-state index contributed by atoms with van der Waals surface area (Å²) in [5.74, 6) is 0. The minimum Gasteiger partial charge on any atom is -0.0622 e. The van der Waals surface area contributed by atoms with Crippen molar-refractivity contribution in [2.75, 3.05) is 0 Å². The second-order valence-corrected chi connectivity index (χ2v) is 12.1. The van der Waals surface area contributed by atoms with Gasteiger partial charge in [-0.3, -0.25) is 0 Å². The van der Waals surface area contributed by atoms with E-state index < -0.39 is 0 Å². The van der Waals surface area contributed by atoms with Crippen LogP contribution in [0.4, 0.5) is 0 Å². The molecule has 0 radical (unpaired) electrons. The maximum Gasteiger partial charge on any atom is -0.00201 e. The molecule has 0 aliphatic carbocycles. The number of hydrogen-bond donors (Lipinski definition) is 0. The highest BCUT2D eigenvalue weighted by molar-refractivity contribution is 6.24. The molecule has 0 aliphatic rings. The SMILES string of the molecule is c1ccc(-c2c3ccccc3c(-c3cccc4c(-c5ccc(-c6ccc7ccccc7c6)cc5)cccc34)c3ccccc23)cc1. The van der Waals surface area contributed by atoms with E-state index in [0.29, 0.717) is 0 Å². The van der Waals surface area contributed by atoms with Gasteiger partial charge >= 0.3 is 0 Å². The molecule has 0 bridgehead atoms. The first-order valence-corrected chi connectivity index (χ1v) is 15.9. The first kappa shape index (κ1) is 26.4. The predicted molar refractivity (Wildman–Crippen MR) is 198 cm³/mol. The van der Waals surface area contributed by atoms with Crippen LogP contribution in [0.2, 0.25) is 0 Å². The average molecular weight is 583 g/mol. The van der Waals surface area contributed by atoms with E-state index in [1.54, 1.807) is 0 Å². The fraction of sp³-hybridized carbons (Fsp3) is 0. The third kappa shape index (κ3) is 4.30. The predicted octanol–water partition coefficient (Wildman–Crippen LogP) is 13.0. The van der Waals surface area contributed by atoms with Crippen molar-refractivity contribution in [1.82, 2.24) is 0 Å². The Kier molecular flexibility index (Phi) is 6.25. The van der Waals surface area contributed by atoms with Crippen LogP contribution in [-0.2, 0) is 0 Å². The van der Waals surface area contributed by atoms with Gasteiger partial charge < -0.3 is 0 Å². The van der Waals surface area contributed by atoms with Crippen molar-refractivity contribution in [3.63, 3.8) is 0 Å². The molecular weight excluding hydrogens is 553 g/mol. The molecule has 0 saturated heterocycles. The van der Waals surface area contributed by atoms with Gasteiger partial charge in [0.25, 0.3) is 0 Å². The van der Waals surface area contributed by atoms with E-state index in [2.05, 4.69) is 182 Å². The Morgan fingerprint density at radius 3 is 1.37 bits per heavy atom. The number of hydrogen-bond acceptors (Lipinski definition) is 0. The normalized spacial score (nSPS) is 11.5. The van der Waals surface area contributed by atoms with Crippen LogP contribution in [0.1, 0.15) is 0 Å². The van der Waals surface area contributed by atoms with Crippen LogP contribution in [0.25, 0.3) is 87.6 Å². The smallest absolute Gasteiger partial charge is 0.00201 e. The van der Waals surface area contributed by atoms with Crippen molar-refractivity contribution in [2.45, 2.75) is 0 Å². The molecule has 0 nitrogen and oxygen atoms in total. The van der Waals surface area contributed by atoms with Gasteiger partial charge in [-0.05, 0) is 93.7 Å². The lowest BCUT2D eigenvalue weighted by Crippen LogP contribution is -1.92. The van der Waals surface area contributed by atoms with Crippen LogP contribution < -0.4 is 0 Å². The van der Waals surface area contributed by atoms with Gasteiger partial charge in [0.05, 0.1) is 0 Å². The van der Waals surface area contributed by atoms with Crippen LogP contribution in [-0.4, -0.2) is 0 Å². The molecule has 0 N–H and O–H groups in total. The van der Waals surface area contributed by atoms with Gasteiger partial charge in [-0.25, -0.2) is 0 Å². The van der Waals surface area contributed by atoms with Gasteiger partial charge in [0.15, 0.2) is 0 Å². The number of benzene rings is 9. The molecule has 214 valence electrons. The average Bonchev–Trinajstić information content (AvgIpc) is 3.13. The standard InChI is InChI=1S/C46H30/c1-2-13-34(14-3-1)45-41-16-6-8-18-43(41)46(44-19-9-7-17-42(44)45)40-23-11-21-38-37(20-10-22-39(38)40)33-27-24-32(25-28-33)36-29-26-31-12-4-5-15-35(31)30-36/h1-30H. The highest BCUT2D eigenvalue weighted by atomic mass is 14.2. The van der Waals surface area contributed by atoms with Crippen molar-refractivity contribution in [3.05, 3.63) is 182 Å². The zero-order valence-corrected chi connectivity index (χ0v) is 25.3. The maximum atomic E-state index is 2.30. The molecule has 9 rings (SSSR count). The molecule has 9 aromatic rings. The van der Waals surface area contributed by atoms with Crippen LogP contribution in [0.3, 0.4) is 0 Å². The van der Waals surface area contributed by atoms with Crippen LogP contribution in [0.5, 0.6) is 0 Å². The summed E-state index contributed by atoms with van der Waals surface area (Å²) in [5.41, 5.74) is 10.0. The van der Waals surface area contributed by atoms with Crippen molar-refractivity contribution < 1.29 is 0 Å². The van der Waals surface area contributed by atoms with E-state index in [1.807, 2.05) is 0 Å². The fourth-order valence-corrected chi connectivity index (χ4v) is 7.33. The molecule has 0 fully saturated rings. The second kappa shape index (κ2) is 10.9. The van der Waals surface area contributed by atoms with E-state index >= 15 is 0 Å². The summed E-state index contributed by atoms with van der Waals surface area (Å²) in [6.07, 6.45) is 0. The summed E-state index contributed by atoms with van der Waals surface area (Å²) in [5, 5.41) is 10.2. The molecule has 0 aromatic heterocycles. The third-order valence-electron chi connectivity index (χ3n) is 9.46. The summed E-state index contributed by atoms with van der Waals surface area (Å²) in [7, 11) is 0. The lowest BCUT2D eigenvalue weighted by Gasteiger charge is -2.19. The summed E-state index contributed by atoms with van der Waals surface area (Å²) in [6, 6.07) is 66.5. The molecule has 0 spiro atoms. The van der Waals surface area contributed by atoms with Gasteiger partial charge in [0.2, 0.25) is 0 Å². The van der Waals surface area contributed by atoms with Crippen molar-refractivity contribution >= 4 is 43.1 Å². The molecule has 0 unspecified atom stereocenters. The third-order valence-corrected chi connectivity index (χ3v) is 9.46. The fourth-order valence-electron chi connectivity index (χ4n) is 7.33. The molecule has 0 heterocycles. The minimum atomic E-state index is 1.22. The van der Waals surface area contributed by atoms with Gasteiger partial charge in [0.1, 0.15) is 0 Å². The Morgan fingerprint density at radius 1 is 0.217 bits per heavy atom. The Bertz CT molecular complexity index is 2500.